The van der Waals surface area contributed by atoms with Gasteiger partial charge in [-0.05, 0) is 37.8 Å². The van der Waals surface area contributed by atoms with Crippen LogP contribution in [0.5, 0.6) is 0 Å². The van der Waals surface area contributed by atoms with E-state index in [1.165, 1.54) is 0 Å². The van der Waals surface area contributed by atoms with Crippen LogP contribution in [0.4, 0.5) is 10.6 Å². The van der Waals surface area contributed by atoms with Crippen molar-refractivity contribution in [2.45, 2.75) is 51.2 Å². The van der Waals surface area contributed by atoms with Crippen LogP contribution in [0.15, 0.2) is 24.4 Å². The lowest BCUT2D eigenvalue weighted by atomic mass is 9.98. The van der Waals surface area contributed by atoms with Gasteiger partial charge < -0.3 is 20.6 Å². The third kappa shape index (κ3) is 5.10. The van der Waals surface area contributed by atoms with Crippen molar-refractivity contribution >= 4 is 11.8 Å². The number of carbonyl (C=O) groups excluding carboxylic acids is 1. The Hall–Kier alpha value is -1.82. The van der Waals surface area contributed by atoms with Gasteiger partial charge in [0.2, 0.25) is 0 Å². The average molecular weight is 320 g/mol. The molecule has 1 fully saturated rings. The Bertz CT molecular complexity index is 483. The number of aromatic nitrogens is 1. The molecule has 0 aromatic carbocycles. The van der Waals surface area contributed by atoms with E-state index >= 15 is 0 Å². The van der Waals surface area contributed by atoms with Crippen LogP contribution in [0, 0.1) is 0 Å². The van der Waals surface area contributed by atoms with E-state index in [9.17, 15) is 9.90 Å². The maximum atomic E-state index is 12.0. The Labute approximate surface area is 138 Å². The number of amides is 2. The third-order valence-electron chi connectivity index (χ3n) is 4.70. The number of rotatable bonds is 6. The van der Waals surface area contributed by atoms with E-state index in [1.54, 1.807) is 6.20 Å². The molecule has 0 spiro atoms. The molecular formula is C17H28N4O2. The van der Waals surface area contributed by atoms with E-state index in [-0.39, 0.29) is 12.1 Å². The molecule has 0 unspecified atom stereocenters. The lowest BCUT2D eigenvalue weighted by molar-refractivity contribution is 0.0348. The second kappa shape index (κ2) is 8.15. The second-order valence-electron chi connectivity index (χ2n) is 6.21. The van der Waals surface area contributed by atoms with Gasteiger partial charge in [-0.25, -0.2) is 9.78 Å². The summed E-state index contributed by atoms with van der Waals surface area (Å²) in [6.45, 7) is 5.91. The largest absolute Gasteiger partial charge is 0.388 e. The molecule has 1 aromatic rings. The highest BCUT2D eigenvalue weighted by Crippen LogP contribution is 2.17. The lowest BCUT2D eigenvalue weighted by Gasteiger charge is -2.33. The van der Waals surface area contributed by atoms with Crippen molar-refractivity contribution < 1.29 is 9.90 Å². The fourth-order valence-electron chi connectivity index (χ4n) is 2.77. The molecule has 1 aliphatic rings. The van der Waals surface area contributed by atoms with Gasteiger partial charge in [-0.2, -0.15) is 0 Å². The fraction of sp³-hybridized carbons (Fsp3) is 0.647. The van der Waals surface area contributed by atoms with E-state index in [0.717, 1.165) is 31.7 Å². The summed E-state index contributed by atoms with van der Waals surface area (Å²) >= 11 is 0. The van der Waals surface area contributed by atoms with Crippen molar-refractivity contribution in [3.63, 3.8) is 0 Å². The Morgan fingerprint density at radius 2 is 2.04 bits per heavy atom. The molecule has 1 aromatic heterocycles. The van der Waals surface area contributed by atoms with Gasteiger partial charge in [-0.3, -0.25) is 0 Å². The van der Waals surface area contributed by atoms with Crippen LogP contribution in [0.3, 0.4) is 0 Å². The number of hydrogen-bond acceptors (Lipinski definition) is 4. The molecule has 3 N–H and O–H groups in total. The molecule has 6 heteroatoms. The van der Waals surface area contributed by atoms with E-state index in [4.69, 9.17) is 0 Å². The number of nitrogens with zero attached hydrogens (tertiary/aromatic N) is 2. The van der Waals surface area contributed by atoms with Crippen molar-refractivity contribution in [1.82, 2.24) is 15.6 Å². The Kier molecular flexibility index (Phi) is 6.21. The van der Waals surface area contributed by atoms with Crippen LogP contribution >= 0.6 is 0 Å². The average Bonchev–Trinajstić information content (AvgIpc) is 2.61. The smallest absolute Gasteiger partial charge is 0.315 e. The Morgan fingerprint density at radius 3 is 2.61 bits per heavy atom. The highest BCUT2D eigenvalue weighted by atomic mass is 16.3. The van der Waals surface area contributed by atoms with Gasteiger partial charge in [0.25, 0.3) is 0 Å². The van der Waals surface area contributed by atoms with Crippen molar-refractivity contribution in [3.8, 4) is 0 Å². The number of anilines is 1. The predicted octanol–water partition coefficient (Wildman–Crippen LogP) is 1.90. The Morgan fingerprint density at radius 1 is 1.35 bits per heavy atom. The summed E-state index contributed by atoms with van der Waals surface area (Å²) in [4.78, 5) is 18.6. The summed E-state index contributed by atoms with van der Waals surface area (Å²) in [6, 6.07) is 5.89. The van der Waals surface area contributed by atoms with Crippen LogP contribution in [0.2, 0.25) is 0 Å². The zero-order valence-corrected chi connectivity index (χ0v) is 14.1. The van der Waals surface area contributed by atoms with E-state index in [1.807, 2.05) is 32.0 Å². The molecule has 0 bridgehead atoms. The molecule has 23 heavy (non-hydrogen) atoms. The number of carbonyl (C=O) groups is 1. The van der Waals surface area contributed by atoms with Gasteiger partial charge in [-0.1, -0.05) is 19.9 Å². The maximum absolute atomic E-state index is 12.0. The third-order valence-corrected chi connectivity index (χ3v) is 4.70. The molecule has 0 saturated carbocycles. The van der Waals surface area contributed by atoms with Crippen molar-refractivity contribution in [2.24, 2.45) is 0 Å². The van der Waals surface area contributed by atoms with Gasteiger partial charge in [0.15, 0.2) is 0 Å². The van der Waals surface area contributed by atoms with Crippen molar-refractivity contribution in [1.29, 1.82) is 0 Å². The van der Waals surface area contributed by atoms with Crippen molar-refractivity contribution in [2.75, 3.05) is 24.5 Å². The SMILES string of the molecule is CCC(O)(CC)CNC(=O)NC1CCN(c2ccccn2)CC1. The van der Waals surface area contributed by atoms with Crippen LogP contribution in [0.25, 0.3) is 0 Å². The highest BCUT2D eigenvalue weighted by molar-refractivity contribution is 5.74. The fourth-order valence-corrected chi connectivity index (χ4v) is 2.77. The number of urea groups is 1. The first-order valence-corrected chi connectivity index (χ1v) is 8.49. The summed E-state index contributed by atoms with van der Waals surface area (Å²) < 4.78 is 0. The molecule has 1 saturated heterocycles. The number of piperidine rings is 1. The molecule has 2 amide bonds. The molecule has 2 heterocycles. The molecular weight excluding hydrogens is 292 g/mol. The van der Waals surface area contributed by atoms with E-state index in [0.29, 0.717) is 19.4 Å². The van der Waals surface area contributed by atoms with Crippen LogP contribution in [-0.4, -0.2) is 47.4 Å². The van der Waals surface area contributed by atoms with Gasteiger partial charge in [-0.15, -0.1) is 0 Å². The second-order valence-corrected chi connectivity index (χ2v) is 6.21. The lowest BCUT2D eigenvalue weighted by Crippen LogP contribution is -2.51. The van der Waals surface area contributed by atoms with E-state index in [2.05, 4.69) is 20.5 Å². The van der Waals surface area contributed by atoms with Crippen molar-refractivity contribution in [3.05, 3.63) is 24.4 Å². The number of aliphatic hydroxyl groups is 1. The summed E-state index contributed by atoms with van der Waals surface area (Å²) in [7, 11) is 0. The summed E-state index contributed by atoms with van der Waals surface area (Å²) in [5, 5.41) is 16.0. The number of hydrogen-bond donors (Lipinski definition) is 3. The van der Waals surface area contributed by atoms with Crippen LogP contribution in [-0.2, 0) is 0 Å². The highest BCUT2D eigenvalue weighted by Gasteiger charge is 2.24. The topological polar surface area (TPSA) is 77.5 Å². The minimum absolute atomic E-state index is 0.173. The minimum atomic E-state index is -0.806. The van der Waals surface area contributed by atoms with Crippen LogP contribution < -0.4 is 15.5 Å². The quantitative estimate of drug-likeness (QED) is 0.748. The number of pyridine rings is 1. The predicted molar refractivity (Wildman–Crippen MR) is 91.5 cm³/mol. The first-order valence-electron chi connectivity index (χ1n) is 8.49. The first kappa shape index (κ1) is 17.5. The van der Waals surface area contributed by atoms with Gasteiger partial charge >= 0.3 is 6.03 Å². The van der Waals surface area contributed by atoms with Gasteiger partial charge in [0.1, 0.15) is 5.82 Å². The minimum Gasteiger partial charge on any atom is -0.388 e. The first-order chi connectivity index (χ1) is 11.1. The standard InChI is InChI=1S/C17H28N4O2/c1-3-17(23,4-2)13-19-16(22)20-14-8-11-21(12-9-14)15-7-5-6-10-18-15/h5-7,10,14,23H,3-4,8-9,11-13H2,1-2H3,(H2,19,20,22). The summed E-state index contributed by atoms with van der Waals surface area (Å²) in [6.07, 6.45) is 4.86. The zero-order chi connectivity index (χ0) is 16.7. The van der Waals surface area contributed by atoms with Crippen LogP contribution in [0.1, 0.15) is 39.5 Å². The summed E-state index contributed by atoms with van der Waals surface area (Å²) in [5.74, 6) is 0.992. The van der Waals surface area contributed by atoms with Gasteiger partial charge in [0, 0.05) is 31.9 Å². The molecule has 0 atom stereocenters. The number of nitrogens with one attached hydrogen (secondary N) is 2. The normalized spacial score (nSPS) is 16.2. The van der Waals surface area contributed by atoms with E-state index < -0.39 is 5.60 Å². The molecule has 6 nitrogen and oxygen atoms in total. The maximum Gasteiger partial charge on any atom is 0.315 e. The summed E-state index contributed by atoms with van der Waals surface area (Å²) in [5.41, 5.74) is -0.806. The molecule has 0 radical (unpaired) electrons. The molecule has 128 valence electrons. The molecule has 1 aliphatic heterocycles. The molecule has 0 aliphatic carbocycles. The Balaban J connectivity index is 1.73. The van der Waals surface area contributed by atoms with Gasteiger partial charge in [0.05, 0.1) is 5.60 Å². The molecule has 2 rings (SSSR count). The zero-order valence-electron chi connectivity index (χ0n) is 14.1. The monoisotopic (exact) mass is 320 g/mol.